The van der Waals surface area contributed by atoms with Gasteiger partial charge in [-0.1, -0.05) is 13.8 Å². The van der Waals surface area contributed by atoms with Crippen LogP contribution in [0.5, 0.6) is 11.5 Å². The number of anilines is 1. The summed E-state index contributed by atoms with van der Waals surface area (Å²) < 4.78 is 11.8. The summed E-state index contributed by atoms with van der Waals surface area (Å²) in [5, 5.41) is 2.70. The molecule has 1 rings (SSSR count). The standard InChI is InChI=1S/C18H27NO4/c1-6-13(4)22-16-9-8-15(19-18(21)10-12(3)20)11-17(16)23-14(5)7-2/h8-9,11,13-14H,6-7,10H2,1-5H3,(H,19,21). The molecule has 0 aliphatic carbocycles. The highest BCUT2D eigenvalue weighted by molar-refractivity contribution is 6.03. The van der Waals surface area contributed by atoms with Gasteiger partial charge >= 0.3 is 0 Å². The van der Waals surface area contributed by atoms with Crippen molar-refractivity contribution in [3.63, 3.8) is 0 Å². The van der Waals surface area contributed by atoms with Gasteiger partial charge < -0.3 is 14.8 Å². The fraction of sp³-hybridized carbons (Fsp3) is 0.556. The van der Waals surface area contributed by atoms with Crippen molar-refractivity contribution in [2.75, 3.05) is 5.32 Å². The molecule has 0 aliphatic heterocycles. The Morgan fingerprint density at radius 1 is 1.04 bits per heavy atom. The van der Waals surface area contributed by atoms with Crippen molar-refractivity contribution in [1.29, 1.82) is 0 Å². The lowest BCUT2D eigenvalue weighted by Gasteiger charge is -2.20. The largest absolute Gasteiger partial charge is 0.487 e. The number of carbonyl (C=O) groups excluding carboxylic acids is 2. The van der Waals surface area contributed by atoms with Crippen LogP contribution in [0.1, 0.15) is 53.9 Å². The van der Waals surface area contributed by atoms with Gasteiger partial charge in [-0.25, -0.2) is 0 Å². The van der Waals surface area contributed by atoms with Gasteiger partial charge in [-0.05, 0) is 45.7 Å². The molecule has 0 radical (unpaired) electrons. The van der Waals surface area contributed by atoms with Crippen LogP contribution in [0.4, 0.5) is 5.69 Å². The van der Waals surface area contributed by atoms with Crippen molar-refractivity contribution in [3.8, 4) is 11.5 Å². The number of ketones is 1. The maximum absolute atomic E-state index is 11.7. The van der Waals surface area contributed by atoms with E-state index in [0.29, 0.717) is 17.2 Å². The second-order valence-corrected chi connectivity index (χ2v) is 5.76. The first-order valence-electron chi connectivity index (χ1n) is 8.12. The SMILES string of the molecule is CCC(C)Oc1ccc(NC(=O)CC(C)=O)cc1OC(C)CC. The van der Waals surface area contributed by atoms with E-state index in [1.807, 2.05) is 20.8 Å². The summed E-state index contributed by atoms with van der Waals surface area (Å²) in [6, 6.07) is 5.27. The van der Waals surface area contributed by atoms with Gasteiger partial charge in [-0.3, -0.25) is 9.59 Å². The summed E-state index contributed by atoms with van der Waals surface area (Å²) in [5.41, 5.74) is 0.589. The molecular weight excluding hydrogens is 294 g/mol. The number of Topliss-reactive ketones (excluding diaryl/α,β-unsaturated/α-hetero) is 1. The van der Waals surface area contributed by atoms with Crippen LogP contribution in [0.2, 0.25) is 0 Å². The average Bonchev–Trinajstić information content (AvgIpc) is 2.48. The van der Waals surface area contributed by atoms with Gasteiger partial charge in [-0.2, -0.15) is 0 Å². The van der Waals surface area contributed by atoms with Crippen molar-refractivity contribution < 1.29 is 19.1 Å². The molecule has 128 valence electrons. The minimum Gasteiger partial charge on any atom is -0.487 e. The molecule has 5 nitrogen and oxygen atoms in total. The third-order valence-corrected chi connectivity index (χ3v) is 3.44. The van der Waals surface area contributed by atoms with E-state index in [4.69, 9.17) is 9.47 Å². The van der Waals surface area contributed by atoms with E-state index in [-0.39, 0.29) is 30.3 Å². The van der Waals surface area contributed by atoms with Gasteiger partial charge in [0.05, 0.1) is 18.6 Å². The summed E-state index contributed by atoms with van der Waals surface area (Å²) in [6.07, 6.45) is 1.74. The zero-order chi connectivity index (χ0) is 17.4. The van der Waals surface area contributed by atoms with Crippen molar-refractivity contribution >= 4 is 17.4 Å². The second kappa shape index (κ2) is 9.18. The maximum Gasteiger partial charge on any atom is 0.231 e. The number of nitrogens with one attached hydrogen (secondary N) is 1. The normalized spacial score (nSPS) is 13.1. The van der Waals surface area contributed by atoms with Gasteiger partial charge in [0.1, 0.15) is 5.78 Å². The van der Waals surface area contributed by atoms with Gasteiger partial charge in [-0.15, -0.1) is 0 Å². The zero-order valence-electron chi connectivity index (χ0n) is 14.6. The van der Waals surface area contributed by atoms with Gasteiger partial charge in [0.15, 0.2) is 11.5 Å². The molecule has 0 saturated carbocycles. The Morgan fingerprint density at radius 3 is 2.13 bits per heavy atom. The highest BCUT2D eigenvalue weighted by Crippen LogP contribution is 2.32. The molecule has 0 saturated heterocycles. The molecule has 0 bridgehead atoms. The number of amides is 1. The summed E-state index contributed by atoms with van der Waals surface area (Å²) >= 11 is 0. The van der Waals surface area contributed by atoms with E-state index in [1.165, 1.54) is 6.92 Å². The van der Waals surface area contributed by atoms with Crippen LogP contribution >= 0.6 is 0 Å². The Hall–Kier alpha value is -2.04. The predicted octanol–water partition coefficient (Wildman–Crippen LogP) is 3.96. The Morgan fingerprint density at radius 2 is 1.61 bits per heavy atom. The molecule has 1 N–H and O–H groups in total. The molecule has 2 unspecified atom stereocenters. The Kier molecular flexibility index (Phi) is 7.59. The number of benzene rings is 1. The van der Waals surface area contributed by atoms with E-state index in [9.17, 15) is 9.59 Å². The number of carbonyl (C=O) groups is 2. The quantitative estimate of drug-likeness (QED) is 0.699. The maximum atomic E-state index is 11.7. The fourth-order valence-corrected chi connectivity index (χ4v) is 1.81. The topological polar surface area (TPSA) is 64.6 Å². The third-order valence-electron chi connectivity index (χ3n) is 3.44. The first kappa shape index (κ1) is 19.0. The van der Waals surface area contributed by atoms with Gasteiger partial charge in [0.25, 0.3) is 0 Å². The second-order valence-electron chi connectivity index (χ2n) is 5.76. The molecule has 1 amide bonds. The third kappa shape index (κ3) is 6.72. The van der Waals surface area contributed by atoms with Crippen LogP contribution < -0.4 is 14.8 Å². The molecule has 0 spiro atoms. The van der Waals surface area contributed by atoms with Crippen molar-refractivity contribution in [3.05, 3.63) is 18.2 Å². The molecule has 1 aromatic carbocycles. The van der Waals surface area contributed by atoms with Crippen molar-refractivity contribution in [2.24, 2.45) is 0 Å². The Balaban J connectivity index is 2.96. The lowest BCUT2D eigenvalue weighted by molar-refractivity contribution is -0.124. The first-order chi connectivity index (χ1) is 10.8. The average molecular weight is 321 g/mol. The minimum atomic E-state index is -0.331. The van der Waals surface area contributed by atoms with Crippen molar-refractivity contribution in [2.45, 2.75) is 66.1 Å². The zero-order valence-corrected chi connectivity index (χ0v) is 14.6. The minimum absolute atomic E-state index is 0.0393. The van der Waals surface area contributed by atoms with Crippen LogP contribution in [-0.2, 0) is 9.59 Å². The number of rotatable bonds is 9. The van der Waals surface area contributed by atoms with E-state index in [0.717, 1.165) is 12.8 Å². The Bertz CT molecular complexity index is 542. The van der Waals surface area contributed by atoms with Gasteiger partial charge in [0, 0.05) is 11.8 Å². The summed E-state index contributed by atoms with van der Waals surface area (Å²) in [5.74, 6) is 0.752. The predicted molar refractivity (Wildman–Crippen MR) is 91.1 cm³/mol. The first-order valence-corrected chi connectivity index (χ1v) is 8.12. The number of hydrogen-bond acceptors (Lipinski definition) is 4. The molecule has 5 heteroatoms. The van der Waals surface area contributed by atoms with E-state index in [1.54, 1.807) is 18.2 Å². The van der Waals surface area contributed by atoms with E-state index >= 15 is 0 Å². The highest BCUT2D eigenvalue weighted by Gasteiger charge is 2.13. The van der Waals surface area contributed by atoms with Crippen LogP contribution in [0.25, 0.3) is 0 Å². The summed E-state index contributed by atoms with van der Waals surface area (Å²) in [7, 11) is 0. The molecule has 0 heterocycles. The molecule has 0 aromatic heterocycles. The highest BCUT2D eigenvalue weighted by atomic mass is 16.5. The fourth-order valence-electron chi connectivity index (χ4n) is 1.81. The molecule has 0 aliphatic rings. The van der Waals surface area contributed by atoms with E-state index in [2.05, 4.69) is 12.2 Å². The van der Waals surface area contributed by atoms with Crippen LogP contribution in [0.15, 0.2) is 18.2 Å². The number of hydrogen-bond donors (Lipinski definition) is 1. The number of ether oxygens (including phenoxy) is 2. The molecule has 2 atom stereocenters. The smallest absolute Gasteiger partial charge is 0.231 e. The monoisotopic (exact) mass is 321 g/mol. The molecular formula is C18H27NO4. The van der Waals surface area contributed by atoms with Crippen LogP contribution in [-0.4, -0.2) is 23.9 Å². The lowest BCUT2D eigenvalue weighted by Crippen LogP contribution is -2.16. The molecule has 23 heavy (non-hydrogen) atoms. The van der Waals surface area contributed by atoms with Crippen LogP contribution in [0, 0.1) is 0 Å². The molecule has 0 fully saturated rings. The van der Waals surface area contributed by atoms with Gasteiger partial charge in [0.2, 0.25) is 5.91 Å². The van der Waals surface area contributed by atoms with Crippen molar-refractivity contribution in [1.82, 2.24) is 0 Å². The summed E-state index contributed by atoms with van der Waals surface area (Å²) in [4.78, 5) is 22.7. The molecule has 1 aromatic rings. The Labute approximate surface area is 138 Å². The summed E-state index contributed by atoms with van der Waals surface area (Å²) in [6.45, 7) is 9.46. The van der Waals surface area contributed by atoms with Crippen LogP contribution in [0.3, 0.4) is 0 Å². The lowest BCUT2D eigenvalue weighted by atomic mass is 10.2. The van der Waals surface area contributed by atoms with E-state index < -0.39 is 0 Å².